The summed E-state index contributed by atoms with van der Waals surface area (Å²) in [5.74, 6) is -0.314. The van der Waals surface area contributed by atoms with E-state index >= 15 is 0 Å². The molecule has 0 aliphatic carbocycles. The lowest BCUT2D eigenvalue weighted by atomic mass is 10.0. The Labute approximate surface area is 86.5 Å². The summed E-state index contributed by atoms with van der Waals surface area (Å²) >= 11 is 0. The van der Waals surface area contributed by atoms with Crippen LogP contribution < -0.4 is 5.73 Å². The van der Waals surface area contributed by atoms with E-state index in [0.717, 1.165) is 0 Å². The Kier molecular flexibility index (Phi) is 2.47. The zero-order valence-electron chi connectivity index (χ0n) is 8.26. The Morgan fingerprint density at radius 3 is 2.73 bits per heavy atom. The SMILES string of the molecule is Cn1nncc1C(N)c1ccccc1F. The second-order valence-electron chi connectivity index (χ2n) is 3.28. The molecule has 0 aliphatic heterocycles. The lowest BCUT2D eigenvalue weighted by Crippen LogP contribution is -2.17. The summed E-state index contributed by atoms with van der Waals surface area (Å²) in [6, 6.07) is 5.90. The maximum Gasteiger partial charge on any atom is 0.128 e. The summed E-state index contributed by atoms with van der Waals surface area (Å²) in [6.07, 6.45) is 1.54. The van der Waals surface area contributed by atoms with Crippen molar-refractivity contribution in [2.75, 3.05) is 0 Å². The first-order valence-corrected chi connectivity index (χ1v) is 4.54. The highest BCUT2D eigenvalue weighted by atomic mass is 19.1. The highest BCUT2D eigenvalue weighted by molar-refractivity contribution is 5.27. The van der Waals surface area contributed by atoms with Gasteiger partial charge in [-0.25, -0.2) is 4.39 Å². The molecule has 0 amide bonds. The average molecular weight is 206 g/mol. The van der Waals surface area contributed by atoms with E-state index in [1.807, 2.05) is 0 Å². The predicted molar refractivity (Wildman–Crippen MR) is 53.4 cm³/mol. The zero-order chi connectivity index (χ0) is 10.8. The van der Waals surface area contributed by atoms with Gasteiger partial charge in [-0.1, -0.05) is 23.4 Å². The van der Waals surface area contributed by atoms with Gasteiger partial charge in [0, 0.05) is 12.6 Å². The standard InChI is InChI=1S/C10H11FN4/c1-15-9(6-13-14-15)10(12)7-4-2-3-5-8(7)11/h2-6,10H,12H2,1H3. The molecule has 0 radical (unpaired) electrons. The largest absolute Gasteiger partial charge is 0.319 e. The molecular formula is C10H11FN4. The Balaban J connectivity index is 2.41. The van der Waals surface area contributed by atoms with Gasteiger partial charge in [-0.3, -0.25) is 4.68 Å². The molecular weight excluding hydrogens is 195 g/mol. The van der Waals surface area contributed by atoms with E-state index in [1.165, 1.54) is 16.9 Å². The molecule has 0 spiro atoms. The van der Waals surface area contributed by atoms with Crippen LogP contribution in [0.2, 0.25) is 0 Å². The van der Waals surface area contributed by atoms with Gasteiger partial charge < -0.3 is 5.73 Å². The van der Waals surface area contributed by atoms with Crippen molar-refractivity contribution in [2.45, 2.75) is 6.04 Å². The van der Waals surface area contributed by atoms with Gasteiger partial charge >= 0.3 is 0 Å². The van der Waals surface area contributed by atoms with E-state index in [9.17, 15) is 4.39 Å². The van der Waals surface area contributed by atoms with Crippen LogP contribution in [-0.2, 0) is 7.05 Å². The molecule has 2 rings (SSSR count). The Morgan fingerprint density at radius 2 is 2.13 bits per heavy atom. The summed E-state index contributed by atoms with van der Waals surface area (Å²) < 4.78 is 15.0. The number of nitrogens with zero attached hydrogens (tertiary/aromatic N) is 3. The molecule has 0 fully saturated rings. The fraction of sp³-hybridized carbons (Fsp3) is 0.200. The highest BCUT2D eigenvalue weighted by Crippen LogP contribution is 2.20. The normalized spacial score (nSPS) is 12.7. The molecule has 78 valence electrons. The van der Waals surface area contributed by atoms with E-state index in [1.54, 1.807) is 25.2 Å². The molecule has 0 saturated carbocycles. The molecule has 1 aromatic carbocycles. The predicted octanol–water partition coefficient (Wildman–Crippen LogP) is 1.00. The van der Waals surface area contributed by atoms with Gasteiger partial charge in [-0.05, 0) is 6.07 Å². The van der Waals surface area contributed by atoms with E-state index < -0.39 is 6.04 Å². The molecule has 15 heavy (non-hydrogen) atoms. The molecule has 0 saturated heterocycles. The minimum absolute atomic E-state index is 0.314. The summed E-state index contributed by atoms with van der Waals surface area (Å²) in [5.41, 5.74) is 7.05. The van der Waals surface area contributed by atoms with Gasteiger partial charge in [0.05, 0.1) is 17.9 Å². The van der Waals surface area contributed by atoms with Crippen molar-refractivity contribution in [2.24, 2.45) is 12.8 Å². The number of halogens is 1. The number of hydrogen-bond donors (Lipinski definition) is 1. The molecule has 5 heteroatoms. The number of aryl methyl sites for hydroxylation is 1. The van der Waals surface area contributed by atoms with Gasteiger partial charge in [0.15, 0.2) is 0 Å². The number of aromatic nitrogens is 3. The lowest BCUT2D eigenvalue weighted by molar-refractivity contribution is 0.584. The summed E-state index contributed by atoms with van der Waals surface area (Å²) in [5, 5.41) is 7.47. The third-order valence-corrected chi connectivity index (χ3v) is 2.31. The second kappa shape index (κ2) is 3.78. The molecule has 1 unspecified atom stereocenters. The summed E-state index contributed by atoms with van der Waals surface area (Å²) in [7, 11) is 1.73. The first kappa shape index (κ1) is 9.79. The maximum atomic E-state index is 13.4. The molecule has 0 bridgehead atoms. The van der Waals surface area contributed by atoms with Gasteiger partial charge in [-0.2, -0.15) is 0 Å². The monoisotopic (exact) mass is 206 g/mol. The fourth-order valence-electron chi connectivity index (χ4n) is 1.47. The van der Waals surface area contributed by atoms with Crippen molar-refractivity contribution in [3.05, 3.63) is 47.5 Å². The van der Waals surface area contributed by atoms with Crippen LogP contribution in [0, 0.1) is 5.82 Å². The van der Waals surface area contributed by atoms with Crippen LogP contribution >= 0.6 is 0 Å². The fourth-order valence-corrected chi connectivity index (χ4v) is 1.47. The van der Waals surface area contributed by atoms with Gasteiger partial charge in [0.2, 0.25) is 0 Å². The number of nitrogens with two attached hydrogens (primary N) is 1. The van der Waals surface area contributed by atoms with Crippen molar-refractivity contribution in [3.8, 4) is 0 Å². The van der Waals surface area contributed by atoms with Crippen LogP contribution in [0.25, 0.3) is 0 Å². The topological polar surface area (TPSA) is 56.7 Å². The van der Waals surface area contributed by atoms with Crippen LogP contribution in [-0.4, -0.2) is 15.0 Å². The average Bonchev–Trinajstić information content (AvgIpc) is 2.64. The van der Waals surface area contributed by atoms with Crippen molar-refractivity contribution < 1.29 is 4.39 Å². The first-order valence-electron chi connectivity index (χ1n) is 4.54. The first-order chi connectivity index (χ1) is 7.20. The highest BCUT2D eigenvalue weighted by Gasteiger charge is 2.16. The zero-order valence-corrected chi connectivity index (χ0v) is 8.26. The van der Waals surface area contributed by atoms with Crippen molar-refractivity contribution in [1.82, 2.24) is 15.0 Å². The number of benzene rings is 1. The van der Waals surface area contributed by atoms with E-state index in [-0.39, 0.29) is 5.82 Å². The molecule has 2 aromatic rings. The van der Waals surface area contributed by atoms with Crippen molar-refractivity contribution in [3.63, 3.8) is 0 Å². The second-order valence-corrected chi connectivity index (χ2v) is 3.28. The van der Waals surface area contributed by atoms with Gasteiger partial charge in [0.25, 0.3) is 0 Å². The molecule has 2 N–H and O–H groups in total. The van der Waals surface area contributed by atoms with Crippen LogP contribution in [0.3, 0.4) is 0 Å². The van der Waals surface area contributed by atoms with E-state index in [0.29, 0.717) is 11.3 Å². The van der Waals surface area contributed by atoms with Crippen molar-refractivity contribution in [1.29, 1.82) is 0 Å². The Bertz CT molecular complexity index is 466. The smallest absolute Gasteiger partial charge is 0.128 e. The minimum Gasteiger partial charge on any atom is -0.319 e. The van der Waals surface area contributed by atoms with Crippen LogP contribution in [0.4, 0.5) is 4.39 Å². The third-order valence-electron chi connectivity index (χ3n) is 2.31. The van der Waals surface area contributed by atoms with E-state index in [2.05, 4.69) is 10.3 Å². The lowest BCUT2D eigenvalue weighted by Gasteiger charge is -2.11. The van der Waals surface area contributed by atoms with E-state index in [4.69, 9.17) is 5.73 Å². The maximum absolute atomic E-state index is 13.4. The van der Waals surface area contributed by atoms with Crippen molar-refractivity contribution >= 4 is 0 Å². The molecule has 4 nitrogen and oxygen atoms in total. The van der Waals surface area contributed by atoms with Gasteiger partial charge in [-0.15, -0.1) is 5.10 Å². The summed E-state index contributed by atoms with van der Waals surface area (Å²) in [4.78, 5) is 0. The Morgan fingerprint density at radius 1 is 1.40 bits per heavy atom. The molecule has 1 heterocycles. The van der Waals surface area contributed by atoms with Crippen LogP contribution in [0.15, 0.2) is 30.5 Å². The third kappa shape index (κ3) is 1.73. The van der Waals surface area contributed by atoms with Gasteiger partial charge in [0.1, 0.15) is 5.82 Å². The quantitative estimate of drug-likeness (QED) is 0.797. The molecule has 1 aromatic heterocycles. The minimum atomic E-state index is -0.536. The summed E-state index contributed by atoms with van der Waals surface area (Å²) in [6.45, 7) is 0. The number of rotatable bonds is 2. The number of hydrogen-bond acceptors (Lipinski definition) is 3. The molecule has 0 aliphatic rings. The molecule has 1 atom stereocenters. The van der Waals surface area contributed by atoms with Crippen LogP contribution in [0.5, 0.6) is 0 Å². The van der Waals surface area contributed by atoms with Crippen LogP contribution in [0.1, 0.15) is 17.3 Å². The Hall–Kier alpha value is -1.75.